The molecule has 0 aliphatic heterocycles. The Hall–Kier alpha value is -0.680. The van der Waals surface area contributed by atoms with E-state index in [9.17, 15) is 0 Å². The van der Waals surface area contributed by atoms with Gasteiger partial charge in [0.2, 0.25) is 0 Å². The number of hydrogen-bond donors (Lipinski definition) is 2. The number of thiophene rings is 1. The summed E-state index contributed by atoms with van der Waals surface area (Å²) in [5.41, 5.74) is 5.44. The zero-order chi connectivity index (χ0) is 12.3. The number of benzene rings is 1. The van der Waals surface area contributed by atoms with Crippen LogP contribution in [0.1, 0.15) is 22.0 Å². The van der Waals surface area contributed by atoms with Crippen molar-refractivity contribution in [3.8, 4) is 0 Å². The minimum absolute atomic E-state index is 0.168. The zero-order valence-electron chi connectivity index (χ0n) is 9.61. The van der Waals surface area contributed by atoms with Gasteiger partial charge in [-0.05, 0) is 46.1 Å². The Morgan fingerprint density at radius 3 is 2.65 bits per heavy atom. The third-order valence-electron chi connectivity index (χ3n) is 2.80. The van der Waals surface area contributed by atoms with Gasteiger partial charge in [0, 0.05) is 11.3 Å². The average Bonchev–Trinajstić information content (AvgIpc) is 2.73. The lowest BCUT2D eigenvalue weighted by Crippen LogP contribution is -2.29. The topological polar surface area (TPSA) is 38.0 Å². The van der Waals surface area contributed by atoms with Crippen molar-refractivity contribution in [2.24, 2.45) is 5.84 Å². The Morgan fingerprint density at radius 1 is 1.29 bits per heavy atom. The summed E-state index contributed by atoms with van der Waals surface area (Å²) in [7, 11) is 0. The third-order valence-corrected chi connectivity index (χ3v) is 4.45. The third kappa shape index (κ3) is 3.16. The van der Waals surface area contributed by atoms with Gasteiger partial charge in [-0.3, -0.25) is 11.3 Å². The fraction of sp³-hybridized carbons (Fsp3) is 0.231. The summed E-state index contributed by atoms with van der Waals surface area (Å²) in [6.45, 7) is 2.12. The Bertz CT molecular complexity index is 496. The molecule has 90 valence electrons. The van der Waals surface area contributed by atoms with Crippen molar-refractivity contribution < 1.29 is 0 Å². The summed E-state index contributed by atoms with van der Waals surface area (Å²) in [6.07, 6.45) is 0.914. The Labute approximate surface area is 114 Å². The van der Waals surface area contributed by atoms with E-state index < -0.39 is 0 Å². The van der Waals surface area contributed by atoms with Gasteiger partial charge in [0.25, 0.3) is 0 Å². The summed E-state index contributed by atoms with van der Waals surface area (Å²) in [5.74, 6) is 5.67. The highest BCUT2D eigenvalue weighted by Gasteiger charge is 2.13. The monoisotopic (exact) mass is 310 g/mol. The number of aryl methyl sites for hydroxylation is 1. The van der Waals surface area contributed by atoms with Crippen molar-refractivity contribution in [2.75, 3.05) is 0 Å². The van der Waals surface area contributed by atoms with Crippen LogP contribution in [0.2, 0.25) is 0 Å². The molecule has 1 aromatic heterocycles. The van der Waals surface area contributed by atoms with E-state index in [-0.39, 0.29) is 6.04 Å². The van der Waals surface area contributed by atoms with Crippen LogP contribution in [0.3, 0.4) is 0 Å². The molecule has 0 saturated carbocycles. The van der Waals surface area contributed by atoms with Crippen LogP contribution in [0.15, 0.2) is 40.2 Å². The number of hydrazine groups is 1. The molecule has 0 spiro atoms. The second-order valence-electron chi connectivity index (χ2n) is 3.99. The first-order chi connectivity index (χ1) is 8.20. The second-order valence-corrected chi connectivity index (χ2v) is 6.53. The molecule has 1 atom stereocenters. The van der Waals surface area contributed by atoms with E-state index >= 15 is 0 Å². The summed E-state index contributed by atoms with van der Waals surface area (Å²) in [6, 6.07) is 12.7. The minimum Gasteiger partial charge on any atom is -0.271 e. The lowest BCUT2D eigenvalue weighted by molar-refractivity contribution is 0.553. The van der Waals surface area contributed by atoms with Gasteiger partial charge in [-0.2, -0.15) is 0 Å². The first-order valence-electron chi connectivity index (χ1n) is 5.46. The molecule has 0 saturated heterocycles. The molecule has 0 aliphatic carbocycles. The van der Waals surface area contributed by atoms with Gasteiger partial charge in [-0.1, -0.05) is 24.3 Å². The summed E-state index contributed by atoms with van der Waals surface area (Å²) < 4.78 is 1.16. The summed E-state index contributed by atoms with van der Waals surface area (Å²) in [5, 5.41) is 0. The summed E-state index contributed by atoms with van der Waals surface area (Å²) >= 11 is 5.23. The molecule has 1 heterocycles. The van der Waals surface area contributed by atoms with Gasteiger partial charge in [-0.15, -0.1) is 11.3 Å². The maximum atomic E-state index is 5.67. The largest absolute Gasteiger partial charge is 0.271 e. The van der Waals surface area contributed by atoms with Crippen molar-refractivity contribution in [1.29, 1.82) is 0 Å². The van der Waals surface area contributed by atoms with E-state index in [1.807, 2.05) is 6.07 Å². The SMILES string of the molecule is Cc1ccccc1C(Cc1ccc(Br)s1)NN. The van der Waals surface area contributed by atoms with E-state index in [2.05, 4.69) is 58.6 Å². The van der Waals surface area contributed by atoms with Crippen LogP contribution in [-0.2, 0) is 6.42 Å². The zero-order valence-corrected chi connectivity index (χ0v) is 12.0. The first kappa shape index (κ1) is 12.8. The molecular weight excluding hydrogens is 296 g/mol. The molecule has 1 aromatic carbocycles. The quantitative estimate of drug-likeness (QED) is 0.669. The molecule has 17 heavy (non-hydrogen) atoms. The van der Waals surface area contributed by atoms with Crippen LogP contribution in [0.4, 0.5) is 0 Å². The average molecular weight is 311 g/mol. The maximum Gasteiger partial charge on any atom is 0.0701 e. The molecule has 0 fully saturated rings. The second kappa shape index (κ2) is 5.78. The van der Waals surface area contributed by atoms with Crippen LogP contribution >= 0.6 is 27.3 Å². The first-order valence-corrected chi connectivity index (χ1v) is 7.07. The number of nitrogens with one attached hydrogen (secondary N) is 1. The highest BCUT2D eigenvalue weighted by atomic mass is 79.9. The fourth-order valence-electron chi connectivity index (χ4n) is 1.90. The van der Waals surface area contributed by atoms with Crippen LogP contribution in [-0.4, -0.2) is 0 Å². The number of halogens is 1. The van der Waals surface area contributed by atoms with E-state index in [0.29, 0.717) is 0 Å². The van der Waals surface area contributed by atoms with Crippen molar-refractivity contribution in [2.45, 2.75) is 19.4 Å². The predicted octanol–water partition coefficient (Wildman–Crippen LogP) is 3.57. The normalized spacial score (nSPS) is 12.6. The molecule has 0 amide bonds. The smallest absolute Gasteiger partial charge is 0.0701 e. The molecule has 2 aromatic rings. The van der Waals surface area contributed by atoms with Gasteiger partial charge < -0.3 is 0 Å². The van der Waals surface area contributed by atoms with E-state index in [1.54, 1.807) is 11.3 Å². The Kier molecular flexibility index (Phi) is 4.34. The minimum atomic E-state index is 0.168. The van der Waals surface area contributed by atoms with Crippen molar-refractivity contribution >= 4 is 27.3 Å². The van der Waals surface area contributed by atoms with Gasteiger partial charge in [-0.25, -0.2) is 0 Å². The molecule has 4 heteroatoms. The van der Waals surface area contributed by atoms with Crippen LogP contribution < -0.4 is 11.3 Å². The Balaban J connectivity index is 2.20. The van der Waals surface area contributed by atoms with E-state index in [1.165, 1.54) is 16.0 Å². The van der Waals surface area contributed by atoms with Crippen molar-refractivity contribution in [3.05, 3.63) is 56.2 Å². The van der Waals surface area contributed by atoms with Crippen LogP contribution in [0.5, 0.6) is 0 Å². The standard InChI is InChI=1S/C13H15BrN2S/c1-9-4-2-3-5-11(9)12(16-15)8-10-6-7-13(14)17-10/h2-7,12,16H,8,15H2,1H3. The Morgan fingerprint density at radius 2 is 2.06 bits per heavy atom. The van der Waals surface area contributed by atoms with Crippen LogP contribution in [0, 0.1) is 6.92 Å². The molecule has 0 bridgehead atoms. The number of rotatable bonds is 4. The van der Waals surface area contributed by atoms with Gasteiger partial charge >= 0.3 is 0 Å². The molecule has 2 nitrogen and oxygen atoms in total. The number of nitrogens with two attached hydrogens (primary N) is 1. The lowest BCUT2D eigenvalue weighted by atomic mass is 9.99. The van der Waals surface area contributed by atoms with Gasteiger partial charge in [0.05, 0.1) is 9.83 Å². The highest BCUT2D eigenvalue weighted by Crippen LogP contribution is 2.27. The molecule has 0 aliphatic rings. The summed E-state index contributed by atoms with van der Waals surface area (Å²) in [4.78, 5) is 1.32. The molecule has 3 N–H and O–H groups in total. The molecular formula is C13H15BrN2S. The van der Waals surface area contributed by atoms with Gasteiger partial charge in [0.1, 0.15) is 0 Å². The maximum absolute atomic E-state index is 5.67. The lowest BCUT2D eigenvalue weighted by Gasteiger charge is -2.17. The van der Waals surface area contributed by atoms with E-state index in [0.717, 1.165) is 10.2 Å². The van der Waals surface area contributed by atoms with Crippen molar-refractivity contribution in [3.63, 3.8) is 0 Å². The molecule has 0 radical (unpaired) electrons. The van der Waals surface area contributed by atoms with E-state index in [4.69, 9.17) is 5.84 Å². The van der Waals surface area contributed by atoms with Crippen LogP contribution in [0.25, 0.3) is 0 Å². The molecule has 2 rings (SSSR count). The highest BCUT2D eigenvalue weighted by molar-refractivity contribution is 9.11. The number of hydrogen-bond acceptors (Lipinski definition) is 3. The fourth-order valence-corrected chi connectivity index (χ4v) is 3.43. The van der Waals surface area contributed by atoms with Crippen molar-refractivity contribution in [1.82, 2.24) is 5.43 Å². The molecule has 1 unspecified atom stereocenters. The van der Waals surface area contributed by atoms with Gasteiger partial charge in [0.15, 0.2) is 0 Å². The predicted molar refractivity (Wildman–Crippen MR) is 77.0 cm³/mol.